The van der Waals surface area contributed by atoms with E-state index >= 15 is 4.21 Å². The number of nitrogens with zero attached hydrogens (tertiary/aromatic N) is 2. The standard InChI is InChI=1S/C39H44ClN3O6S/c1-38(2)37(45)42-50(46,41-36(44)26-9-5-4-6-10-26)30-15-18-35-33(22-30)43(23-28-13-16-31(28)34(47-3)12-8-20-49-38)24-39(25-48-35)19-7-11-27-21-29(40)14-17-32(27)39/h4-6,8-10,12,14-15,17-18,21-22,28,31,34H,7,11,13,16,19-20,23-25H2,1-3H3,(H,41,42,44,45,46)/b12-8-/t28-,31+,34-,39-,50?/m0/s1. The molecular formula is C39H44ClN3O6S. The number of hydrogen-bond donors (Lipinski definition) is 1. The molecule has 264 valence electrons. The van der Waals surface area contributed by atoms with Crippen molar-refractivity contribution >= 4 is 39.0 Å². The minimum atomic E-state index is -3.85. The molecule has 2 heterocycles. The topological polar surface area (TPSA) is 107 Å². The lowest BCUT2D eigenvalue weighted by molar-refractivity contribution is -0.137. The molecule has 1 N–H and O–H groups in total. The van der Waals surface area contributed by atoms with Crippen molar-refractivity contribution in [3.05, 3.63) is 101 Å². The van der Waals surface area contributed by atoms with Gasteiger partial charge in [-0.05, 0) is 111 Å². The van der Waals surface area contributed by atoms with Gasteiger partial charge in [0.05, 0.1) is 29.9 Å². The van der Waals surface area contributed by atoms with Gasteiger partial charge in [0.15, 0.2) is 9.92 Å². The Morgan fingerprint density at radius 2 is 1.92 bits per heavy atom. The summed E-state index contributed by atoms with van der Waals surface area (Å²) in [5.41, 5.74) is 1.82. The highest BCUT2D eigenvalue weighted by molar-refractivity contribution is 7.92. The molecule has 11 heteroatoms. The Kier molecular flexibility index (Phi) is 9.58. The number of hydrogen-bond acceptors (Lipinski definition) is 7. The average molecular weight is 718 g/mol. The summed E-state index contributed by atoms with van der Waals surface area (Å²) >= 11 is 6.46. The summed E-state index contributed by atoms with van der Waals surface area (Å²) in [7, 11) is -2.11. The predicted molar refractivity (Wildman–Crippen MR) is 194 cm³/mol. The summed E-state index contributed by atoms with van der Waals surface area (Å²) in [4.78, 5) is 29.9. The maximum atomic E-state index is 15.0. The van der Waals surface area contributed by atoms with Gasteiger partial charge >= 0.3 is 0 Å². The van der Waals surface area contributed by atoms with E-state index in [0.29, 0.717) is 30.4 Å². The summed E-state index contributed by atoms with van der Waals surface area (Å²) in [6, 6.07) is 19.9. The molecule has 2 amide bonds. The zero-order valence-corrected chi connectivity index (χ0v) is 30.3. The lowest BCUT2D eigenvalue weighted by atomic mass is 9.68. The second-order valence-corrected chi connectivity index (χ2v) is 16.8. The number of carbonyl (C=O) groups is 2. The van der Waals surface area contributed by atoms with Gasteiger partial charge < -0.3 is 19.1 Å². The summed E-state index contributed by atoms with van der Waals surface area (Å²) in [6.07, 6.45) is 8.76. The molecule has 1 spiro atoms. The smallest absolute Gasteiger partial charge is 0.287 e. The third-order valence-corrected chi connectivity index (χ3v) is 12.8. The van der Waals surface area contributed by atoms with E-state index in [1.165, 1.54) is 11.1 Å². The quantitative estimate of drug-likeness (QED) is 0.293. The van der Waals surface area contributed by atoms with Crippen LogP contribution in [0.1, 0.15) is 61.0 Å². The van der Waals surface area contributed by atoms with Crippen molar-refractivity contribution < 1.29 is 28.0 Å². The molecule has 3 aromatic carbocycles. The van der Waals surface area contributed by atoms with Crippen LogP contribution in [-0.2, 0) is 36.0 Å². The molecule has 1 saturated carbocycles. The fraction of sp³-hybridized carbons (Fsp3) is 0.436. The number of aryl methyl sites for hydroxylation is 1. The van der Waals surface area contributed by atoms with Crippen molar-refractivity contribution in [2.45, 2.75) is 68.0 Å². The molecule has 1 fully saturated rings. The Morgan fingerprint density at radius 3 is 2.68 bits per heavy atom. The normalized spacial score (nSPS) is 29.6. The van der Waals surface area contributed by atoms with E-state index in [-0.39, 0.29) is 28.9 Å². The van der Waals surface area contributed by atoms with Crippen LogP contribution in [0, 0.1) is 11.8 Å². The summed E-state index contributed by atoms with van der Waals surface area (Å²) < 4.78 is 40.6. The van der Waals surface area contributed by atoms with E-state index in [0.717, 1.165) is 49.4 Å². The number of benzene rings is 3. The molecule has 9 nitrogen and oxygen atoms in total. The molecule has 2 bridgehead atoms. The van der Waals surface area contributed by atoms with Crippen molar-refractivity contribution in [2.75, 3.05) is 38.3 Å². The Labute approximate surface area is 299 Å². The number of amides is 2. The fourth-order valence-electron chi connectivity index (χ4n) is 7.84. The second kappa shape index (κ2) is 13.8. The summed E-state index contributed by atoms with van der Waals surface area (Å²) in [5, 5.41) is 0.725. The first-order valence-corrected chi connectivity index (χ1v) is 19.2. The number of fused-ring (bicyclic) bond motifs is 4. The molecule has 4 aliphatic rings. The molecular weight excluding hydrogens is 674 g/mol. The molecule has 0 aromatic heterocycles. The molecule has 0 saturated heterocycles. The van der Waals surface area contributed by atoms with Crippen LogP contribution < -0.4 is 14.4 Å². The highest BCUT2D eigenvalue weighted by atomic mass is 35.5. The van der Waals surface area contributed by atoms with Crippen molar-refractivity contribution in [1.82, 2.24) is 4.72 Å². The van der Waals surface area contributed by atoms with Crippen molar-refractivity contribution in [2.24, 2.45) is 16.2 Å². The number of carbonyl (C=O) groups excluding carboxylic acids is 2. The van der Waals surface area contributed by atoms with Crippen LogP contribution in [-0.4, -0.2) is 61.1 Å². The van der Waals surface area contributed by atoms with Gasteiger partial charge in [-0.25, -0.2) is 4.21 Å². The number of methoxy groups -OCH3 is 1. The third-order valence-electron chi connectivity index (χ3n) is 10.8. The third kappa shape index (κ3) is 6.70. The van der Waals surface area contributed by atoms with E-state index in [9.17, 15) is 9.59 Å². The van der Waals surface area contributed by atoms with Crippen molar-refractivity contribution in [3.63, 3.8) is 0 Å². The van der Waals surface area contributed by atoms with E-state index in [1.54, 1.807) is 69.5 Å². The largest absolute Gasteiger partial charge is 0.490 e. The van der Waals surface area contributed by atoms with Gasteiger partial charge in [-0.2, -0.15) is 0 Å². The van der Waals surface area contributed by atoms with Gasteiger partial charge in [-0.1, -0.05) is 48.0 Å². The first kappa shape index (κ1) is 34.7. The number of ether oxygens (including phenoxy) is 3. The van der Waals surface area contributed by atoms with E-state index in [2.05, 4.69) is 26.1 Å². The van der Waals surface area contributed by atoms with Gasteiger partial charge in [0.2, 0.25) is 0 Å². The average Bonchev–Trinajstić information content (AvgIpc) is 3.24. The number of anilines is 1. The zero-order chi connectivity index (χ0) is 35.1. The first-order chi connectivity index (χ1) is 24.0. The van der Waals surface area contributed by atoms with Gasteiger partial charge in [0, 0.05) is 36.2 Å². The Hall–Kier alpha value is -3.70. The van der Waals surface area contributed by atoms with Crippen molar-refractivity contribution in [3.8, 4) is 5.75 Å². The van der Waals surface area contributed by atoms with Crippen LogP contribution in [0.4, 0.5) is 5.69 Å². The predicted octanol–water partition coefficient (Wildman–Crippen LogP) is 6.92. The van der Waals surface area contributed by atoms with E-state index < -0.39 is 27.3 Å². The number of rotatable bonds is 3. The monoisotopic (exact) mass is 717 g/mol. The van der Waals surface area contributed by atoms with Gasteiger partial charge in [0.1, 0.15) is 11.4 Å². The molecule has 50 heavy (non-hydrogen) atoms. The van der Waals surface area contributed by atoms with E-state index in [4.69, 9.17) is 25.8 Å². The molecule has 2 aliphatic carbocycles. The minimum Gasteiger partial charge on any atom is -0.490 e. The van der Waals surface area contributed by atoms with Crippen LogP contribution in [0.5, 0.6) is 5.75 Å². The number of halogens is 1. The number of nitrogens with one attached hydrogen (secondary N) is 1. The van der Waals surface area contributed by atoms with Gasteiger partial charge in [-0.3, -0.25) is 14.3 Å². The molecule has 1 unspecified atom stereocenters. The highest BCUT2D eigenvalue weighted by Gasteiger charge is 2.44. The zero-order valence-electron chi connectivity index (χ0n) is 28.7. The molecule has 5 atom stereocenters. The maximum Gasteiger partial charge on any atom is 0.287 e. The Morgan fingerprint density at radius 1 is 1.10 bits per heavy atom. The van der Waals surface area contributed by atoms with Gasteiger partial charge in [0.25, 0.3) is 11.8 Å². The molecule has 7 rings (SSSR count). The van der Waals surface area contributed by atoms with Crippen molar-refractivity contribution in [1.29, 1.82) is 0 Å². The Balaban J connectivity index is 1.37. The van der Waals surface area contributed by atoms with Crippen LogP contribution in [0.3, 0.4) is 0 Å². The van der Waals surface area contributed by atoms with Crippen LogP contribution in [0.15, 0.2) is 88.1 Å². The Bertz CT molecular complexity index is 1940. The minimum absolute atomic E-state index is 0.110. The van der Waals surface area contributed by atoms with E-state index in [1.807, 2.05) is 18.2 Å². The van der Waals surface area contributed by atoms with Crippen LogP contribution in [0.25, 0.3) is 0 Å². The molecule has 2 aliphatic heterocycles. The van der Waals surface area contributed by atoms with Crippen LogP contribution in [0.2, 0.25) is 5.02 Å². The molecule has 0 radical (unpaired) electrons. The lowest BCUT2D eigenvalue weighted by Gasteiger charge is -2.46. The van der Waals surface area contributed by atoms with Gasteiger partial charge in [-0.15, -0.1) is 4.36 Å². The lowest BCUT2D eigenvalue weighted by Crippen LogP contribution is -2.49. The first-order valence-electron chi connectivity index (χ1n) is 17.3. The maximum absolute atomic E-state index is 15.0. The SMILES string of the molecule is CO[C@H]1/C=C\COC(C)(C)C(=O)N=S(=O)(NC(=O)c2ccccc2)c2ccc3c(c2)N(C[C@@H]2CC[C@H]21)C[C@@]1(CCCc2cc(Cl)ccc21)CO3. The second-order valence-electron chi connectivity index (χ2n) is 14.4. The highest BCUT2D eigenvalue weighted by Crippen LogP contribution is 2.47. The fourth-order valence-corrected chi connectivity index (χ4v) is 9.65. The molecule has 3 aromatic rings. The summed E-state index contributed by atoms with van der Waals surface area (Å²) in [5.74, 6) is -0.0996. The van der Waals surface area contributed by atoms with Crippen LogP contribution >= 0.6 is 11.6 Å². The summed E-state index contributed by atoms with van der Waals surface area (Å²) in [6.45, 7) is 5.18.